The van der Waals surface area contributed by atoms with E-state index in [1.165, 1.54) is 11.3 Å². The van der Waals surface area contributed by atoms with Crippen molar-refractivity contribution in [2.75, 3.05) is 12.4 Å². The van der Waals surface area contributed by atoms with Crippen LogP contribution >= 0.6 is 11.3 Å². The first-order chi connectivity index (χ1) is 10.8. The molecule has 0 spiro atoms. The van der Waals surface area contributed by atoms with Gasteiger partial charge in [0.15, 0.2) is 5.13 Å². The lowest BCUT2D eigenvalue weighted by Crippen LogP contribution is -2.23. The Kier molecular flexibility index (Phi) is 4.53. The number of rotatable bonds is 4. The van der Waals surface area contributed by atoms with Crippen molar-refractivity contribution >= 4 is 22.4 Å². The Morgan fingerprint density at radius 3 is 2.82 bits per heavy atom. The van der Waals surface area contributed by atoms with Gasteiger partial charge in [0.2, 0.25) is 5.91 Å². The number of nitrogens with zero attached hydrogens (tertiary/aromatic N) is 1. The van der Waals surface area contributed by atoms with Crippen molar-refractivity contribution in [2.24, 2.45) is 5.92 Å². The summed E-state index contributed by atoms with van der Waals surface area (Å²) in [5.41, 5.74) is 1.88. The molecule has 0 saturated carbocycles. The van der Waals surface area contributed by atoms with E-state index in [1.54, 1.807) is 7.11 Å². The van der Waals surface area contributed by atoms with Crippen molar-refractivity contribution in [3.63, 3.8) is 0 Å². The highest BCUT2D eigenvalue weighted by atomic mass is 32.1. The number of amides is 1. The first kappa shape index (κ1) is 14.8. The Labute approximate surface area is 133 Å². The maximum absolute atomic E-state index is 12.2. The Bertz CT molecular complexity index is 676. The molecule has 0 aliphatic heterocycles. The summed E-state index contributed by atoms with van der Waals surface area (Å²) in [6.45, 7) is 0. The third-order valence-corrected chi connectivity index (χ3v) is 4.52. The van der Waals surface area contributed by atoms with Gasteiger partial charge in [-0.1, -0.05) is 12.2 Å². The minimum Gasteiger partial charge on any atom is -0.497 e. The predicted molar refractivity (Wildman–Crippen MR) is 89.2 cm³/mol. The summed E-state index contributed by atoms with van der Waals surface area (Å²) in [7, 11) is 1.64. The number of aromatic nitrogens is 1. The number of carbonyl (C=O) groups is 1. The molecular formula is C17H18N2O2S. The lowest BCUT2D eigenvalue weighted by Gasteiger charge is -2.15. The second-order valence-corrected chi connectivity index (χ2v) is 6.10. The zero-order chi connectivity index (χ0) is 15.4. The van der Waals surface area contributed by atoms with E-state index in [9.17, 15) is 4.79 Å². The van der Waals surface area contributed by atoms with Gasteiger partial charge in [-0.3, -0.25) is 4.79 Å². The van der Waals surface area contributed by atoms with Crippen LogP contribution < -0.4 is 10.1 Å². The number of methoxy groups -OCH3 is 1. The number of allylic oxidation sites excluding steroid dienone is 2. The van der Waals surface area contributed by atoms with Gasteiger partial charge in [-0.2, -0.15) is 0 Å². The summed E-state index contributed by atoms with van der Waals surface area (Å²) < 4.78 is 5.15. The molecule has 1 heterocycles. The van der Waals surface area contributed by atoms with Crippen LogP contribution in [0.2, 0.25) is 0 Å². The van der Waals surface area contributed by atoms with E-state index in [2.05, 4.69) is 22.5 Å². The van der Waals surface area contributed by atoms with Crippen LogP contribution in [0, 0.1) is 5.92 Å². The van der Waals surface area contributed by atoms with Gasteiger partial charge in [0, 0.05) is 16.9 Å². The van der Waals surface area contributed by atoms with Crippen LogP contribution in [0.3, 0.4) is 0 Å². The van der Waals surface area contributed by atoms with Gasteiger partial charge in [0.05, 0.1) is 12.8 Å². The highest BCUT2D eigenvalue weighted by Crippen LogP contribution is 2.27. The van der Waals surface area contributed by atoms with Crippen LogP contribution in [-0.4, -0.2) is 18.0 Å². The zero-order valence-electron chi connectivity index (χ0n) is 12.4. The zero-order valence-corrected chi connectivity index (χ0v) is 13.2. The molecule has 5 heteroatoms. The first-order valence-electron chi connectivity index (χ1n) is 7.32. The molecule has 1 atom stereocenters. The molecule has 3 rings (SSSR count). The molecule has 1 aromatic carbocycles. The SMILES string of the molecule is COc1ccc(-c2csc(NC(=O)C3CC=CCC3)n2)cc1. The molecule has 1 aliphatic rings. The minimum atomic E-state index is 0.0679. The smallest absolute Gasteiger partial charge is 0.229 e. The van der Waals surface area contributed by atoms with E-state index < -0.39 is 0 Å². The topological polar surface area (TPSA) is 51.2 Å². The molecule has 0 fully saturated rings. The second kappa shape index (κ2) is 6.75. The summed E-state index contributed by atoms with van der Waals surface area (Å²) in [6, 6.07) is 7.74. The molecule has 1 amide bonds. The second-order valence-electron chi connectivity index (χ2n) is 5.24. The van der Waals surface area contributed by atoms with E-state index in [1.807, 2.05) is 29.6 Å². The van der Waals surface area contributed by atoms with Gasteiger partial charge in [-0.05, 0) is 43.5 Å². The monoisotopic (exact) mass is 314 g/mol. The van der Waals surface area contributed by atoms with Crippen molar-refractivity contribution in [1.82, 2.24) is 4.98 Å². The van der Waals surface area contributed by atoms with Gasteiger partial charge in [-0.15, -0.1) is 11.3 Å². The number of anilines is 1. The average molecular weight is 314 g/mol. The largest absolute Gasteiger partial charge is 0.497 e. The van der Waals surface area contributed by atoms with Gasteiger partial charge < -0.3 is 10.1 Å². The van der Waals surface area contributed by atoms with Crippen LogP contribution in [0.15, 0.2) is 41.8 Å². The molecule has 22 heavy (non-hydrogen) atoms. The Morgan fingerprint density at radius 1 is 1.32 bits per heavy atom. The van der Waals surface area contributed by atoms with Crippen molar-refractivity contribution in [3.8, 4) is 17.0 Å². The van der Waals surface area contributed by atoms with Crippen molar-refractivity contribution in [3.05, 3.63) is 41.8 Å². The number of hydrogen-bond acceptors (Lipinski definition) is 4. The average Bonchev–Trinajstić information content (AvgIpc) is 3.04. The molecule has 114 valence electrons. The molecule has 0 radical (unpaired) electrons. The van der Waals surface area contributed by atoms with E-state index in [4.69, 9.17) is 4.74 Å². The molecule has 1 aromatic heterocycles. The number of benzene rings is 1. The van der Waals surface area contributed by atoms with E-state index in [0.717, 1.165) is 36.3 Å². The predicted octanol–water partition coefficient (Wildman–Crippen LogP) is 4.11. The Hall–Kier alpha value is -2.14. The summed E-state index contributed by atoms with van der Waals surface area (Å²) in [6.07, 6.45) is 6.93. The lowest BCUT2D eigenvalue weighted by atomic mass is 9.94. The van der Waals surface area contributed by atoms with Crippen LogP contribution in [0.25, 0.3) is 11.3 Å². The van der Waals surface area contributed by atoms with Gasteiger partial charge in [0.25, 0.3) is 0 Å². The number of carbonyl (C=O) groups excluding carboxylic acids is 1. The van der Waals surface area contributed by atoms with Gasteiger partial charge >= 0.3 is 0 Å². The number of hydrogen-bond donors (Lipinski definition) is 1. The molecule has 4 nitrogen and oxygen atoms in total. The highest BCUT2D eigenvalue weighted by molar-refractivity contribution is 7.14. The summed E-state index contributed by atoms with van der Waals surface area (Å²) in [5, 5.41) is 5.55. The van der Waals surface area contributed by atoms with Gasteiger partial charge in [0.1, 0.15) is 5.75 Å². The van der Waals surface area contributed by atoms with Crippen LogP contribution in [0.4, 0.5) is 5.13 Å². The fraction of sp³-hybridized carbons (Fsp3) is 0.294. The van der Waals surface area contributed by atoms with Gasteiger partial charge in [-0.25, -0.2) is 4.98 Å². The van der Waals surface area contributed by atoms with Crippen molar-refractivity contribution < 1.29 is 9.53 Å². The number of thiazole rings is 1. The third kappa shape index (κ3) is 3.36. The first-order valence-corrected chi connectivity index (χ1v) is 8.20. The van der Waals surface area contributed by atoms with Crippen molar-refractivity contribution in [1.29, 1.82) is 0 Å². The summed E-state index contributed by atoms with van der Waals surface area (Å²) >= 11 is 1.45. The standard InChI is InChI=1S/C17H18N2O2S/c1-21-14-9-7-12(8-10-14)15-11-22-17(18-15)19-16(20)13-5-3-2-4-6-13/h2-3,7-11,13H,4-6H2,1H3,(H,18,19,20). The Morgan fingerprint density at radius 2 is 2.14 bits per heavy atom. The molecule has 2 aromatic rings. The maximum Gasteiger partial charge on any atom is 0.229 e. The highest BCUT2D eigenvalue weighted by Gasteiger charge is 2.19. The van der Waals surface area contributed by atoms with E-state index in [0.29, 0.717) is 5.13 Å². The molecular weight excluding hydrogens is 296 g/mol. The summed E-state index contributed by atoms with van der Waals surface area (Å²) in [5.74, 6) is 0.955. The molecule has 0 saturated heterocycles. The van der Waals surface area contributed by atoms with Crippen molar-refractivity contribution in [2.45, 2.75) is 19.3 Å². The fourth-order valence-corrected chi connectivity index (χ4v) is 3.19. The van der Waals surface area contributed by atoms with E-state index >= 15 is 0 Å². The van der Waals surface area contributed by atoms with E-state index in [-0.39, 0.29) is 11.8 Å². The van der Waals surface area contributed by atoms with Crippen LogP contribution in [0.1, 0.15) is 19.3 Å². The molecule has 1 aliphatic carbocycles. The fourth-order valence-electron chi connectivity index (χ4n) is 2.46. The number of ether oxygens (including phenoxy) is 1. The normalized spacial score (nSPS) is 17.2. The molecule has 1 unspecified atom stereocenters. The molecule has 0 bridgehead atoms. The lowest BCUT2D eigenvalue weighted by molar-refractivity contribution is -0.120. The number of nitrogens with one attached hydrogen (secondary N) is 1. The third-order valence-electron chi connectivity index (χ3n) is 3.76. The summed E-state index contributed by atoms with van der Waals surface area (Å²) in [4.78, 5) is 16.7. The molecule has 1 N–H and O–H groups in total. The van der Waals surface area contributed by atoms with Crippen LogP contribution in [-0.2, 0) is 4.79 Å². The maximum atomic E-state index is 12.2. The quantitative estimate of drug-likeness (QED) is 0.864. The minimum absolute atomic E-state index is 0.0679. The Balaban J connectivity index is 1.67. The van der Waals surface area contributed by atoms with Crippen LogP contribution in [0.5, 0.6) is 5.75 Å².